The molecule has 1 fully saturated rings. The lowest BCUT2D eigenvalue weighted by atomic mass is 9.97. The van der Waals surface area contributed by atoms with Crippen molar-refractivity contribution in [1.82, 2.24) is 0 Å². The second kappa shape index (κ2) is 6.07. The minimum atomic E-state index is -0.621. The first kappa shape index (κ1) is 13.2. The Morgan fingerprint density at radius 3 is 2.39 bits per heavy atom. The van der Waals surface area contributed by atoms with Gasteiger partial charge < -0.3 is 0 Å². The first-order valence-electron chi connectivity index (χ1n) is 6.61. The predicted molar refractivity (Wildman–Crippen MR) is 66.3 cm³/mol. The number of carbonyl (C=O) groups excluding carboxylic acids is 1. The summed E-state index contributed by atoms with van der Waals surface area (Å²) in [6, 6.07) is 3.71. The van der Waals surface area contributed by atoms with Crippen LogP contribution in [0, 0.1) is 17.6 Å². The molecule has 0 aromatic heterocycles. The number of hydrogen-bond acceptors (Lipinski definition) is 1. The number of halogens is 2. The number of Topliss-reactive ketones (excluding diaryl/α,β-unsaturated/α-hetero) is 1. The van der Waals surface area contributed by atoms with Crippen molar-refractivity contribution >= 4 is 5.78 Å². The number of hydrogen-bond donors (Lipinski definition) is 0. The van der Waals surface area contributed by atoms with Crippen LogP contribution in [0.25, 0.3) is 0 Å². The Labute approximate surface area is 106 Å². The van der Waals surface area contributed by atoms with E-state index in [0.29, 0.717) is 12.3 Å². The second-order valence-electron chi connectivity index (χ2n) is 5.10. The van der Waals surface area contributed by atoms with E-state index in [4.69, 9.17) is 0 Å². The molecule has 0 spiro atoms. The highest BCUT2D eigenvalue weighted by molar-refractivity contribution is 5.80. The lowest BCUT2D eigenvalue weighted by Gasteiger charge is -2.08. The van der Waals surface area contributed by atoms with Crippen molar-refractivity contribution in [3.63, 3.8) is 0 Å². The minimum absolute atomic E-state index is 0.0640. The Balaban J connectivity index is 1.86. The van der Waals surface area contributed by atoms with E-state index in [2.05, 4.69) is 0 Å². The maximum Gasteiger partial charge on any atom is 0.137 e. The molecule has 1 nitrogen and oxygen atoms in total. The van der Waals surface area contributed by atoms with Crippen LogP contribution in [0.3, 0.4) is 0 Å². The zero-order valence-corrected chi connectivity index (χ0v) is 10.4. The van der Waals surface area contributed by atoms with Crippen LogP contribution in [0.4, 0.5) is 8.78 Å². The van der Waals surface area contributed by atoms with Gasteiger partial charge in [-0.25, -0.2) is 8.78 Å². The van der Waals surface area contributed by atoms with Gasteiger partial charge in [-0.2, -0.15) is 0 Å². The molecule has 0 unspecified atom stereocenters. The molecule has 2 rings (SSSR count). The van der Waals surface area contributed by atoms with Crippen LogP contribution < -0.4 is 0 Å². The zero-order valence-electron chi connectivity index (χ0n) is 10.4. The third-order valence-electron chi connectivity index (χ3n) is 3.74. The fourth-order valence-electron chi connectivity index (χ4n) is 2.65. The van der Waals surface area contributed by atoms with Crippen molar-refractivity contribution in [1.29, 1.82) is 0 Å². The highest BCUT2D eigenvalue weighted by Crippen LogP contribution is 2.28. The first-order chi connectivity index (χ1) is 8.66. The average molecular weight is 252 g/mol. The van der Waals surface area contributed by atoms with E-state index in [1.807, 2.05) is 0 Å². The molecular formula is C15H18F2O. The quantitative estimate of drug-likeness (QED) is 0.772. The van der Waals surface area contributed by atoms with Gasteiger partial charge in [-0.3, -0.25) is 4.79 Å². The molecule has 0 radical (unpaired) electrons. The summed E-state index contributed by atoms with van der Waals surface area (Å²) in [5, 5.41) is 0. The summed E-state index contributed by atoms with van der Waals surface area (Å²) in [5.74, 6) is -0.668. The van der Waals surface area contributed by atoms with Gasteiger partial charge in [-0.05, 0) is 24.5 Å². The molecule has 1 aliphatic rings. The van der Waals surface area contributed by atoms with E-state index in [1.54, 1.807) is 0 Å². The Morgan fingerprint density at radius 1 is 1.17 bits per heavy atom. The van der Waals surface area contributed by atoms with Crippen molar-refractivity contribution in [2.45, 2.75) is 44.9 Å². The fraction of sp³-hybridized carbons (Fsp3) is 0.533. The monoisotopic (exact) mass is 252 g/mol. The molecule has 0 amide bonds. The van der Waals surface area contributed by atoms with Crippen LogP contribution in [0.2, 0.25) is 0 Å². The molecule has 3 heteroatoms. The number of rotatable bonds is 5. The van der Waals surface area contributed by atoms with Gasteiger partial charge >= 0.3 is 0 Å². The molecule has 18 heavy (non-hydrogen) atoms. The summed E-state index contributed by atoms with van der Waals surface area (Å²) in [6.07, 6.45) is 6.09. The van der Waals surface area contributed by atoms with Crippen LogP contribution in [0.1, 0.15) is 44.1 Å². The fourth-order valence-corrected chi connectivity index (χ4v) is 2.65. The summed E-state index contributed by atoms with van der Waals surface area (Å²) < 4.78 is 26.7. The van der Waals surface area contributed by atoms with Crippen LogP contribution in [0.5, 0.6) is 0 Å². The Hall–Kier alpha value is -1.25. The third-order valence-corrected chi connectivity index (χ3v) is 3.74. The van der Waals surface area contributed by atoms with Crippen molar-refractivity contribution in [2.75, 3.05) is 0 Å². The Morgan fingerprint density at radius 2 is 1.78 bits per heavy atom. The van der Waals surface area contributed by atoms with Gasteiger partial charge in [0.2, 0.25) is 0 Å². The molecule has 98 valence electrons. The van der Waals surface area contributed by atoms with E-state index in [9.17, 15) is 13.6 Å². The molecule has 0 atom stereocenters. The predicted octanol–water partition coefficient (Wildman–Crippen LogP) is 4.05. The van der Waals surface area contributed by atoms with E-state index >= 15 is 0 Å². The molecule has 1 aromatic carbocycles. The molecule has 0 bridgehead atoms. The highest BCUT2D eigenvalue weighted by Gasteiger charge is 2.18. The van der Waals surface area contributed by atoms with Gasteiger partial charge in [0.05, 0.1) is 0 Å². The van der Waals surface area contributed by atoms with Gasteiger partial charge in [0.25, 0.3) is 0 Å². The van der Waals surface area contributed by atoms with Gasteiger partial charge in [-0.1, -0.05) is 31.7 Å². The van der Waals surface area contributed by atoms with Crippen molar-refractivity contribution in [3.05, 3.63) is 35.4 Å². The number of benzene rings is 1. The normalized spacial score (nSPS) is 16.1. The SMILES string of the molecule is O=C(CCC1CCCC1)Cc1c(F)cccc1F. The lowest BCUT2D eigenvalue weighted by molar-refractivity contribution is -0.118. The van der Waals surface area contributed by atoms with Gasteiger partial charge in [0.15, 0.2) is 0 Å². The van der Waals surface area contributed by atoms with Crippen LogP contribution >= 0.6 is 0 Å². The number of ketones is 1. The van der Waals surface area contributed by atoms with Gasteiger partial charge in [0, 0.05) is 18.4 Å². The summed E-state index contributed by atoms with van der Waals surface area (Å²) >= 11 is 0. The molecule has 1 aromatic rings. The highest BCUT2D eigenvalue weighted by atomic mass is 19.1. The van der Waals surface area contributed by atoms with Crippen molar-refractivity contribution < 1.29 is 13.6 Å². The summed E-state index contributed by atoms with van der Waals surface area (Å²) in [7, 11) is 0. The molecule has 1 aliphatic carbocycles. The van der Waals surface area contributed by atoms with Crippen LogP contribution in [-0.4, -0.2) is 5.78 Å². The van der Waals surface area contributed by atoms with E-state index < -0.39 is 11.6 Å². The van der Waals surface area contributed by atoms with E-state index in [1.165, 1.54) is 43.9 Å². The summed E-state index contributed by atoms with van der Waals surface area (Å²) in [4.78, 5) is 11.7. The molecule has 0 N–H and O–H groups in total. The minimum Gasteiger partial charge on any atom is -0.299 e. The summed E-state index contributed by atoms with van der Waals surface area (Å²) in [6.45, 7) is 0. The molecule has 0 saturated heterocycles. The van der Waals surface area contributed by atoms with Gasteiger partial charge in [-0.15, -0.1) is 0 Å². The standard InChI is InChI=1S/C15H18F2O/c16-14-6-3-7-15(17)13(14)10-12(18)9-8-11-4-1-2-5-11/h3,6-7,11H,1-2,4-5,8-10H2. The average Bonchev–Trinajstić information content (AvgIpc) is 2.84. The second-order valence-corrected chi connectivity index (χ2v) is 5.10. The Bertz CT molecular complexity index is 402. The van der Waals surface area contributed by atoms with Crippen molar-refractivity contribution in [3.8, 4) is 0 Å². The maximum atomic E-state index is 13.4. The van der Waals surface area contributed by atoms with Crippen LogP contribution in [0.15, 0.2) is 18.2 Å². The first-order valence-corrected chi connectivity index (χ1v) is 6.61. The lowest BCUT2D eigenvalue weighted by Crippen LogP contribution is -2.08. The Kier molecular flexibility index (Phi) is 4.45. The zero-order chi connectivity index (χ0) is 13.0. The molecule has 0 aliphatic heterocycles. The van der Waals surface area contributed by atoms with Crippen LogP contribution in [-0.2, 0) is 11.2 Å². The summed E-state index contributed by atoms with van der Waals surface area (Å²) in [5.41, 5.74) is -0.0890. The van der Waals surface area contributed by atoms with E-state index in [-0.39, 0.29) is 17.8 Å². The van der Waals surface area contributed by atoms with Crippen molar-refractivity contribution in [2.24, 2.45) is 5.92 Å². The topological polar surface area (TPSA) is 17.1 Å². The third kappa shape index (κ3) is 3.37. The molecular weight excluding hydrogens is 234 g/mol. The molecule has 0 heterocycles. The number of carbonyl (C=O) groups is 1. The molecule has 1 saturated carbocycles. The van der Waals surface area contributed by atoms with Gasteiger partial charge in [0.1, 0.15) is 17.4 Å². The smallest absolute Gasteiger partial charge is 0.137 e. The maximum absolute atomic E-state index is 13.4. The van der Waals surface area contributed by atoms with E-state index in [0.717, 1.165) is 6.42 Å². The largest absolute Gasteiger partial charge is 0.299 e.